The number of rotatable bonds is 4. The Kier molecular flexibility index (Phi) is 3.37. The van der Waals surface area contributed by atoms with Crippen molar-refractivity contribution >= 4 is 0 Å². The van der Waals surface area contributed by atoms with Gasteiger partial charge in [0.25, 0.3) is 0 Å². The second-order valence-corrected chi connectivity index (χ2v) is 5.25. The average molecular weight is 266 g/mol. The standard InChI is InChI=1S/C16H18N4/c1-13-7-17-19(9-13)11-15-3-5-16(6-4-15)12-20-10-14(2)8-18-20/h3-10H,11-12H2,1-2H3. The van der Waals surface area contributed by atoms with Crippen LogP contribution in [0.4, 0.5) is 0 Å². The molecule has 0 radical (unpaired) electrons. The van der Waals surface area contributed by atoms with E-state index in [9.17, 15) is 0 Å². The van der Waals surface area contributed by atoms with Gasteiger partial charge in [-0.05, 0) is 36.1 Å². The number of benzene rings is 1. The van der Waals surface area contributed by atoms with Gasteiger partial charge in [-0.15, -0.1) is 0 Å². The first kappa shape index (κ1) is 12.7. The van der Waals surface area contributed by atoms with E-state index in [-0.39, 0.29) is 0 Å². The molecule has 0 saturated heterocycles. The maximum atomic E-state index is 4.31. The van der Waals surface area contributed by atoms with Gasteiger partial charge in [0.15, 0.2) is 0 Å². The van der Waals surface area contributed by atoms with Gasteiger partial charge in [0.05, 0.1) is 25.5 Å². The van der Waals surface area contributed by atoms with Gasteiger partial charge in [-0.25, -0.2) is 0 Å². The normalized spacial score (nSPS) is 10.9. The molecule has 2 aromatic heterocycles. The highest BCUT2D eigenvalue weighted by Crippen LogP contribution is 2.08. The number of aromatic nitrogens is 4. The number of hydrogen-bond acceptors (Lipinski definition) is 2. The molecule has 0 aliphatic heterocycles. The Hall–Kier alpha value is -2.36. The molecule has 102 valence electrons. The highest BCUT2D eigenvalue weighted by atomic mass is 15.3. The molecule has 20 heavy (non-hydrogen) atoms. The zero-order valence-corrected chi connectivity index (χ0v) is 11.8. The van der Waals surface area contributed by atoms with Crippen molar-refractivity contribution < 1.29 is 0 Å². The van der Waals surface area contributed by atoms with Crippen LogP contribution in [0.5, 0.6) is 0 Å². The summed E-state index contributed by atoms with van der Waals surface area (Å²) in [6, 6.07) is 8.62. The molecule has 0 fully saturated rings. The fourth-order valence-corrected chi connectivity index (χ4v) is 2.23. The minimum atomic E-state index is 0.814. The van der Waals surface area contributed by atoms with E-state index in [4.69, 9.17) is 0 Å². The molecular formula is C16H18N4. The van der Waals surface area contributed by atoms with Gasteiger partial charge in [-0.2, -0.15) is 10.2 Å². The summed E-state index contributed by atoms with van der Waals surface area (Å²) < 4.78 is 3.92. The third-order valence-corrected chi connectivity index (χ3v) is 3.24. The third kappa shape index (κ3) is 2.96. The highest BCUT2D eigenvalue weighted by Gasteiger charge is 2.00. The first-order chi connectivity index (χ1) is 9.69. The zero-order valence-electron chi connectivity index (χ0n) is 11.8. The lowest BCUT2D eigenvalue weighted by Crippen LogP contribution is -2.02. The summed E-state index contributed by atoms with van der Waals surface area (Å²) in [5.74, 6) is 0. The molecule has 0 aliphatic rings. The van der Waals surface area contributed by atoms with Crippen LogP contribution >= 0.6 is 0 Å². The molecule has 4 heteroatoms. The molecule has 0 atom stereocenters. The minimum absolute atomic E-state index is 0.814. The van der Waals surface area contributed by atoms with Crippen LogP contribution in [0.1, 0.15) is 22.3 Å². The topological polar surface area (TPSA) is 35.6 Å². The lowest BCUT2D eigenvalue weighted by molar-refractivity contribution is 0.678. The summed E-state index contributed by atoms with van der Waals surface area (Å²) in [5.41, 5.74) is 4.90. The molecule has 3 rings (SSSR count). The van der Waals surface area contributed by atoms with Gasteiger partial charge in [-0.3, -0.25) is 9.36 Å². The molecule has 0 saturated carbocycles. The largest absolute Gasteiger partial charge is 0.268 e. The second kappa shape index (κ2) is 5.33. The quantitative estimate of drug-likeness (QED) is 0.728. The van der Waals surface area contributed by atoms with Crippen molar-refractivity contribution in [2.24, 2.45) is 0 Å². The van der Waals surface area contributed by atoms with Crippen LogP contribution in [0.3, 0.4) is 0 Å². The molecular weight excluding hydrogens is 248 g/mol. The Bertz CT molecular complexity index is 630. The van der Waals surface area contributed by atoms with Gasteiger partial charge < -0.3 is 0 Å². The van der Waals surface area contributed by atoms with E-state index in [1.54, 1.807) is 0 Å². The van der Waals surface area contributed by atoms with Crippen molar-refractivity contribution in [1.29, 1.82) is 0 Å². The van der Waals surface area contributed by atoms with Gasteiger partial charge in [-0.1, -0.05) is 24.3 Å². The fraction of sp³-hybridized carbons (Fsp3) is 0.250. The van der Waals surface area contributed by atoms with Gasteiger partial charge in [0.1, 0.15) is 0 Å². The summed E-state index contributed by atoms with van der Waals surface area (Å²) in [4.78, 5) is 0. The van der Waals surface area contributed by atoms with Crippen LogP contribution in [0.15, 0.2) is 49.1 Å². The molecule has 0 N–H and O–H groups in total. The monoisotopic (exact) mass is 266 g/mol. The van der Waals surface area contributed by atoms with Crippen molar-refractivity contribution in [3.05, 3.63) is 71.3 Å². The molecule has 3 aromatic rings. The number of nitrogens with zero attached hydrogens (tertiary/aromatic N) is 4. The van der Waals surface area contributed by atoms with E-state index in [0.29, 0.717) is 0 Å². The van der Waals surface area contributed by atoms with Crippen molar-refractivity contribution in [2.45, 2.75) is 26.9 Å². The van der Waals surface area contributed by atoms with E-state index in [1.165, 1.54) is 22.3 Å². The predicted octanol–water partition coefficient (Wildman–Crippen LogP) is 2.79. The van der Waals surface area contributed by atoms with Crippen LogP contribution in [0.25, 0.3) is 0 Å². The number of aryl methyl sites for hydroxylation is 2. The molecule has 0 unspecified atom stereocenters. The molecule has 2 heterocycles. The second-order valence-electron chi connectivity index (χ2n) is 5.25. The maximum absolute atomic E-state index is 4.31. The maximum Gasteiger partial charge on any atom is 0.0659 e. The molecule has 0 aliphatic carbocycles. The average Bonchev–Trinajstić information content (AvgIpc) is 3.01. The summed E-state index contributed by atoms with van der Waals surface area (Å²) in [5, 5.41) is 8.61. The predicted molar refractivity (Wildman–Crippen MR) is 78.6 cm³/mol. The summed E-state index contributed by atoms with van der Waals surface area (Å²) in [6.07, 6.45) is 7.88. The van der Waals surface area contributed by atoms with Gasteiger partial charge >= 0.3 is 0 Å². The zero-order chi connectivity index (χ0) is 13.9. The lowest BCUT2D eigenvalue weighted by Gasteiger charge is -2.05. The Labute approximate surface area is 118 Å². The first-order valence-electron chi connectivity index (χ1n) is 6.75. The smallest absolute Gasteiger partial charge is 0.0659 e. The van der Waals surface area contributed by atoms with E-state index in [2.05, 4.69) is 60.7 Å². The molecule has 0 bridgehead atoms. The van der Waals surface area contributed by atoms with Crippen LogP contribution in [0, 0.1) is 13.8 Å². The summed E-state index contributed by atoms with van der Waals surface area (Å²) >= 11 is 0. The van der Waals surface area contributed by atoms with E-state index in [1.807, 2.05) is 21.8 Å². The Morgan fingerprint density at radius 2 is 1.15 bits per heavy atom. The molecule has 0 amide bonds. The van der Waals surface area contributed by atoms with Crippen molar-refractivity contribution in [2.75, 3.05) is 0 Å². The lowest BCUT2D eigenvalue weighted by atomic mass is 10.1. The van der Waals surface area contributed by atoms with E-state index >= 15 is 0 Å². The molecule has 4 nitrogen and oxygen atoms in total. The SMILES string of the molecule is Cc1cnn(Cc2ccc(Cn3cc(C)cn3)cc2)c1. The first-order valence-corrected chi connectivity index (χ1v) is 6.75. The third-order valence-electron chi connectivity index (χ3n) is 3.24. The van der Waals surface area contributed by atoms with Crippen molar-refractivity contribution in [3.8, 4) is 0 Å². The molecule has 0 spiro atoms. The summed E-state index contributed by atoms with van der Waals surface area (Å²) in [7, 11) is 0. The minimum Gasteiger partial charge on any atom is -0.268 e. The molecule has 1 aromatic carbocycles. The van der Waals surface area contributed by atoms with Crippen LogP contribution in [0.2, 0.25) is 0 Å². The van der Waals surface area contributed by atoms with Gasteiger partial charge in [0.2, 0.25) is 0 Å². The van der Waals surface area contributed by atoms with Gasteiger partial charge in [0, 0.05) is 12.4 Å². The van der Waals surface area contributed by atoms with Crippen molar-refractivity contribution in [3.63, 3.8) is 0 Å². The Morgan fingerprint density at radius 3 is 1.45 bits per heavy atom. The van der Waals surface area contributed by atoms with Crippen LogP contribution in [-0.4, -0.2) is 19.6 Å². The van der Waals surface area contributed by atoms with E-state index < -0.39 is 0 Å². The van der Waals surface area contributed by atoms with E-state index in [0.717, 1.165) is 13.1 Å². The highest BCUT2D eigenvalue weighted by molar-refractivity contribution is 5.23. The fourth-order valence-electron chi connectivity index (χ4n) is 2.23. The van der Waals surface area contributed by atoms with Crippen molar-refractivity contribution in [1.82, 2.24) is 19.6 Å². The number of hydrogen-bond donors (Lipinski definition) is 0. The van der Waals surface area contributed by atoms with Crippen LogP contribution < -0.4 is 0 Å². The Morgan fingerprint density at radius 1 is 0.750 bits per heavy atom. The van der Waals surface area contributed by atoms with Crippen LogP contribution in [-0.2, 0) is 13.1 Å². The Balaban J connectivity index is 1.68. The summed E-state index contributed by atoms with van der Waals surface area (Å²) in [6.45, 7) is 5.74.